The van der Waals surface area contributed by atoms with Crippen LogP contribution in [0.3, 0.4) is 0 Å². The minimum Gasteiger partial charge on any atom is -0.508 e. The molecule has 0 spiro atoms. The van der Waals surface area contributed by atoms with Crippen LogP contribution in [0, 0.1) is 0 Å². The summed E-state index contributed by atoms with van der Waals surface area (Å²) in [5.41, 5.74) is 2.01. The van der Waals surface area contributed by atoms with Crippen LogP contribution in [-0.2, 0) is 6.54 Å². The van der Waals surface area contributed by atoms with Crippen LogP contribution in [0.2, 0.25) is 0 Å². The second kappa shape index (κ2) is 7.58. The predicted molar refractivity (Wildman–Crippen MR) is 98.1 cm³/mol. The molecule has 1 fully saturated rings. The van der Waals surface area contributed by atoms with Crippen molar-refractivity contribution in [2.75, 3.05) is 32.7 Å². The third-order valence-electron chi connectivity index (χ3n) is 4.74. The second-order valence-corrected chi connectivity index (χ2v) is 6.51. The highest BCUT2D eigenvalue weighted by molar-refractivity contribution is 5.93. The molecule has 0 unspecified atom stereocenters. The summed E-state index contributed by atoms with van der Waals surface area (Å²) in [7, 11) is 0. The van der Waals surface area contributed by atoms with Gasteiger partial charge in [0.2, 0.25) is 0 Å². The third kappa shape index (κ3) is 3.98. The van der Waals surface area contributed by atoms with E-state index in [9.17, 15) is 9.90 Å². The molecule has 0 saturated carbocycles. The van der Waals surface area contributed by atoms with Gasteiger partial charge in [-0.15, -0.1) is 0 Å². The molecular formula is C18H21N7O2. The van der Waals surface area contributed by atoms with Crippen molar-refractivity contribution in [1.82, 2.24) is 34.8 Å². The van der Waals surface area contributed by atoms with Crippen molar-refractivity contribution in [3.63, 3.8) is 0 Å². The molecule has 0 atom stereocenters. The summed E-state index contributed by atoms with van der Waals surface area (Å²) in [6.45, 7) is 4.72. The number of rotatable bonds is 5. The number of carbonyl (C=O) groups is 1. The lowest BCUT2D eigenvalue weighted by atomic mass is 10.1. The summed E-state index contributed by atoms with van der Waals surface area (Å²) in [6.07, 6.45) is 3.25. The third-order valence-corrected chi connectivity index (χ3v) is 4.74. The molecule has 0 bridgehead atoms. The number of hydrogen-bond acceptors (Lipinski definition) is 6. The molecule has 4 rings (SSSR count). The maximum absolute atomic E-state index is 12.7. The van der Waals surface area contributed by atoms with Crippen LogP contribution in [0.15, 0.2) is 43.0 Å². The van der Waals surface area contributed by atoms with Crippen LogP contribution in [-0.4, -0.2) is 78.5 Å². The largest absolute Gasteiger partial charge is 0.508 e. The summed E-state index contributed by atoms with van der Waals surface area (Å²) in [4.78, 5) is 20.8. The number of carbonyl (C=O) groups excluding carboxylic acids is 1. The smallest absolute Gasteiger partial charge is 0.271 e. The Balaban J connectivity index is 1.32. The quantitative estimate of drug-likeness (QED) is 0.692. The lowest BCUT2D eigenvalue weighted by molar-refractivity contribution is 0.0626. The molecule has 0 aliphatic carbocycles. The van der Waals surface area contributed by atoms with Crippen LogP contribution in [0.4, 0.5) is 0 Å². The van der Waals surface area contributed by atoms with Gasteiger partial charge in [0.05, 0.1) is 12.2 Å². The molecule has 9 nitrogen and oxygen atoms in total. The molecular weight excluding hydrogens is 346 g/mol. The molecule has 1 amide bonds. The van der Waals surface area contributed by atoms with E-state index in [1.54, 1.807) is 36.7 Å². The molecule has 1 aliphatic heterocycles. The fourth-order valence-electron chi connectivity index (χ4n) is 3.15. The molecule has 2 aromatic heterocycles. The van der Waals surface area contributed by atoms with Crippen LogP contribution in [0.5, 0.6) is 5.75 Å². The number of nitrogens with one attached hydrogen (secondary N) is 1. The van der Waals surface area contributed by atoms with Gasteiger partial charge in [-0.3, -0.25) is 19.5 Å². The Kier molecular flexibility index (Phi) is 4.84. The first-order chi connectivity index (χ1) is 13.2. The highest BCUT2D eigenvalue weighted by Gasteiger charge is 2.23. The van der Waals surface area contributed by atoms with Gasteiger partial charge in [0.25, 0.3) is 5.91 Å². The standard InChI is InChI=1S/C18H21N7O2/c26-15-3-1-14(2-4-15)16-11-17(22-21-16)18(27)24-8-5-23(6-9-24)7-10-25-13-19-12-20-25/h1-4,11-13,26H,5-10H2,(H,21,22). The fourth-order valence-corrected chi connectivity index (χ4v) is 3.15. The number of hydrogen-bond donors (Lipinski definition) is 2. The van der Waals surface area contributed by atoms with Gasteiger partial charge in [-0.1, -0.05) is 0 Å². The number of aromatic amines is 1. The van der Waals surface area contributed by atoms with Crippen LogP contribution in [0.25, 0.3) is 11.3 Å². The molecule has 140 valence electrons. The average Bonchev–Trinajstić information content (AvgIpc) is 3.39. The van der Waals surface area contributed by atoms with E-state index in [0.717, 1.165) is 31.7 Å². The number of amides is 1. The van der Waals surface area contributed by atoms with Gasteiger partial charge in [0, 0.05) is 38.3 Å². The maximum Gasteiger partial charge on any atom is 0.271 e. The van der Waals surface area contributed by atoms with Crippen molar-refractivity contribution in [3.05, 3.63) is 48.7 Å². The van der Waals surface area contributed by atoms with E-state index in [1.807, 2.05) is 9.58 Å². The molecule has 1 aliphatic rings. The van der Waals surface area contributed by atoms with Crippen molar-refractivity contribution >= 4 is 5.91 Å². The van der Waals surface area contributed by atoms with Crippen LogP contribution < -0.4 is 0 Å². The van der Waals surface area contributed by atoms with Gasteiger partial charge in [0.1, 0.15) is 24.1 Å². The first kappa shape index (κ1) is 17.2. The Labute approximate surface area is 156 Å². The van der Waals surface area contributed by atoms with Crippen molar-refractivity contribution in [1.29, 1.82) is 0 Å². The minimum absolute atomic E-state index is 0.0385. The Morgan fingerprint density at radius 3 is 2.59 bits per heavy atom. The summed E-state index contributed by atoms with van der Waals surface area (Å²) >= 11 is 0. The van der Waals surface area contributed by atoms with Crippen molar-refractivity contribution in [2.24, 2.45) is 0 Å². The van der Waals surface area contributed by atoms with E-state index < -0.39 is 0 Å². The molecule has 1 aromatic carbocycles. The van der Waals surface area contributed by atoms with E-state index >= 15 is 0 Å². The molecule has 9 heteroatoms. The summed E-state index contributed by atoms with van der Waals surface area (Å²) in [6, 6.07) is 8.50. The molecule has 1 saturated heterocycles. The molecule has 0 radical (unpaired) electrons. The SMILES string of the molecule is O=C(c1cc(-c2ccc(O)cc2)n[nH]1)N1CCN(CCn2cncn2)CC1. The lowest BCUT2D eigenvalue weighted by Crippen LogP contribution is -2.49. The summed E-state index contributed by atoms with van der Waals surface area (Å²) in [5, 5.41) is 20.5. The fraction of sp³-hybridized carbons (Fsp3) is 0.333. The van der Waals surface area contributed by atoms with E-state index in [1.165, 1.54) is 6.33 Å². The zero-order valence-corrected chi connectivity index (χ0v) is 14.8. The Morgan fingerprint density at radius 1 is 1.11 bits per heavy atom. The predicted octanol–water partition coefficient (Wildman–Crippen LogP) is 0.832. The van der Waals surface area contributed by atoms with Gasteiger partial charge in [-0.2, -0.15) is 10.2 Å². The minimum atomic E-state index is -0.0385. The number of benzene rings is 1. The monoisotopic (exact) mass is 367 g/mol. The van der Waals surface area contributed by atoms with E-state index in [2.05, 4.69) is 25.2 Å². The van der Waals surface area contributed by atoms with E-state index in [-0.39, 0.29) is 11.7 Å². The van der Waals surface area contributed by atoms with Crippen LogP contribution >= 0.6 is 0 Å². The molecule has 3 heterocycles. The average molecular weight is 367 g/mol. The summed E-state index contributed by atoms with van der Waals surface area (Å²) in [5.74, 6) is 0.163. The number of aromatic hydroxyl groups is 1. The Morgan fingerprint density at radius 2 is 1.89 bits per heavy atom. The highest BCUT2D eigenvalue weighted by Crippen LogP contribution is 2.21. The number of phenols is 1. The Hall–Kier alpha value is -3.20. The summed E-state index contributed by atoms with van der Waals surface area (Å²) < 4.78 is 1.81. The lowest BCUT2D eigenvalue weighted by Gasteiger charge is -2.34. The highest BCUT2D eigenvalue weighted by atomic mass is 16.3. The van der Waals surface area contributed by atoms with Gasteiger partial charge in [-0.05, 0) is 30.3 Å². The number of piperazine rings is 1. The first-order valence-corrected chi connectivity index (χ1v) is 8.88. The zero-order chi connectivity index (χ0) is 18.6. The maximum atomic E-state index is 12.7. The van der Waals surface area contributed by atoms with Crippen molar-refractivity contribution in [3.8, 4) is 17.0 Å². The second-order valence-electron chi connectivity index (χ2n) is 6.51. The van der Waals surface area contributed by atoms with Gasteiger partial charge >= 0.3 is 0 Å². The van der Waals surface area contributed by atoms with Gasteiger partial charge in [-0.25, -0.2) is 4.98 Å². The number of nitrogens with zero attached hydrogens (tertiary/aromatic N) is 6. The zero-order valence-electron chi connectivity index (χ0n) is 14.8. The number of phenolic OH excluding ortho intramolecular Hbond substituents is 1. The first-order valence-electron chi connectivity index (χ1n) is 8.88. The van der Waals surface area contributed by atoms with Crippen molar-refractivity contribution < 1.29 is 9.90 Å². The normalized spacial score (nSPS) is 15.2. The molecule has 2 N–H and O–H groups in total. The van der Waals surface area contributed by atoms with Gasteiger partial charge < -0.3 is 10.0 Å². The Bertz CT molecular complexity index is 881. The molecule has 3 aromatic rings. The van der Waals surface area contributed by atoms with Gasteiger partial charge in [0.15, 0.2) is 0 Å². The van der Waals surface area contributed by atoms with E-state index in [0.29, 0.717) is 24.5 Å². The molecule has 27 heavy (non-hydrogen) atoms. The number of aromatic nitrogens is 5. The van der Waals surface area contributed by atoms with Crippen LogP contribution in [0.1, 0.15) is 10.5 Å². The topological polar surface area (TPSA) is 103 Å². The van der Waals surface area contributed by atoms with E-state index in [4.69, 9.17) is 0 Å². The van der Waals surface area contributed by atoms with Crippen molar-refractivity contribution in [2.45, 2.75) is 6.54 Å². The number of H-pyrrole nitrogens is 1.